The molecule has 2 aliphatic rings. The molecule has 2 fully saturated rings. The fourth-order valence-electron chi connectivity index (χ4n) is 5.35. The van der Waals surface area contributed by atoms with E-state index in [0.29, 0.717) is 11.8 Å². The first kappa shape index (κ1) is 19.8. The third-order valence-corrected chi connectivity index (χ3v) is 7.13. The van der Waals surface area contributed by atoms with E-state index in [1.165, 1.54) is 95.5 Å². The summed E-state index contributed by atoms with van der Waals surface area (Å²) in [5, 5.41) is 0. The Morgan fingerprint density at radius 3 is 1.85 bits per heavy atom. The fraction of sp³-hybridized carbons (Fsp3) is 0.833. The Bertz CT molecular complexity index is 493. The molecule has 1 aromatic rings. The maximum atomic E-state index is 4.82. The maximum absolute atomic E-state index is 4.82. The molecule has 2 nitrogen and oxygen atoms in total. The number of aromatic nitrogens is 2. The van der Waals surface area contributed by atoms with E-state index in [2.05, 4.69) is 26.2 Å². The van der Waals surface area contributed by atoms with Gasteiger partial charge in [0.2, 0.25) is 0 Å². The van der Waals surface area contributed by atoms with Gasteiger partial charge in [-0.05, 0) is 74.7 Å². The number of unbranched alkanes of at least 4 members (excludes halogenated alkanes) is 2. The van der Waals surface area contributed by atoms with Crippen molar-refractivity contribution in [1.82, 2.24) is 9.97 Å². The molecule has 2 heteroatoms. The summed E-state index contributed by atoms with van der Waals surface area (Å²) in [6, 6.07) is 0. The molecule has 0 bridgehead atoms. The first-order valence-corrected chi connectivity index (χ1v) is 11.6. The highest BCUT2D eigenvalue weighted by atomic mass is 14.9. The van der Waals surface area contributed by atoms with Crippen molar-refractivity contribution in [3.8, 4) is 0 Å². The molecule has 2 aliphatic carbocycles. The molecule has 0 atom stereocenters. The predicted octanol–water partition coefficient (Wildman–Crippen LogP) is 7.40. The molecule has 0 aromatic carbocycles. The zero-order valence-corrected chi connectivity index (χ0v) is 17.3. The van der Waals surface area contributed by atoms with Crippen molar-refractivity contribution in [2.24, 2.45) is 11.8 Å². The highest BCUT2D eigenvalue weighted by Crippen LogP contribution is 2.39. The van der Waals surface area contributed by atoms with Gasteiger partial charge in [0.1, 0.15) is 5.82 Å². The van der Waals surface area contributed by atoms with Gasteiger partial charge in [-0.15, -0.1) is 0 Å². The Morgan fingerprint density at radius 2 is 1.27 bits per heavy atom. The van der Waals surface area contributed by atoms with Gasteiger partial charge in [-0.25, -0.2) is 9.97 Å². The summed E-state index contributed by atoms with van der Waals surface area (Å²) < 4.78 is 0. The van der Waals surface area contributed by atoms with E-state index >= 15 is 0 Å². The van der Waals surface area contributed by atoms with Crippen LogP contribution in [0, 0.1) is 11.8 Å². The highest BCUT2D eigenvalue weighted by Gasteiger charge is 2.25. The minimum Gasteiger partial charge on any atom is -0.241 e. The van der Waals surface area contributed by atoms with Crippen LogP contribution in [0.3, 0.4) is 0 Å². The standard InChI is InChI=1S/C24H40N2/c1-3-5-6-8-20-9-13-21(14-10-20)23-17-25-24(26-18-23)22-15-11-19(7-4-2)12-16-22/h17-22H,3-16H2,1-2H3. The number of hydrogen-bond acceptors (Lipinski definition) is 2. The van der Waals surface area contributed by atoms with Crippen LogP contribution in [0.5, 0.6) is 0 Å². The Labute approximate surface area is 161 Å². The van der Waals surface area contributed by atoms with Crippen LogP contribution in [0.2, 0.25) is 0 Å². The molecule has 1 aromatic heterocycles. The average Bonchev–Trinajstić information content (AvgIpc) is 2.70. The van der Waals surface area contributed by atoms with E-state index in [1.807, 2.05) is 0 Å². The molecule has 0 unspecified atom stereocenters. The Hall–Kier alpha value is -0.920. The molecule has 2 saturated carbocycles. The molecule has 0 saturated heterocycles. The average molecular weight is 357 g/mol. The molecule has 0 spiro atoms. The highest BCUT2D eigenvalue weighted by molar-refractivity contribution is 5.14. The Morgan fingerprint density at radius 1 is 0.692 bits per heavy atom. The van der Waals surface area contributed by atoms with E-state index < -0.39 is 0 Å². The monoisotopic (exact) mass is 356 g/mol. The SMILES string of the molecule is CCCCCC1CCC(c2cnc(C3CCC(CCC)CC3)nc2)CC1. The minimum absolute atomic E-state index is 0.617. The van der Waals surface area contributed by atoms with Crippen molar-refractivity contribution < 1.29 is 0 Å². The van der Waals surface area contributed by atoms with E-state index in [1.54, 1.807) is 0 Å². The zero-order chi connectivity index (χ0) is 18.2. The summed E-state index contributed by atoms with van der Waals surface area (Å²) in [4.78, 5) is 9.63. The first-order chi connectivity index (χ1) is 12.8. The van der Waals surface area contributed by atoms with Gasteiger partial charge in [0.15, 0.2) is 0 Å². The maximum Gasteiger partial charge on any atom is 0.131 e. The van der Waals surface area contributed by atoms with Crippen molar-refractivity contribution in [1.29, 1.82) is 0 Å². The third kappa shape index (κ3) is 5.54. The summed E-state index contributed by atoms with van der Waals surface area (Å²) in [6.07, 6.45) is 23.6. The van der Waals surface area contributed by atoms with Crippen molar-refractivity contribution in [3.05, 3.63) is 23.8 Å². The minimum atomic E-state index is 0.617. The number of nitrogens with zero attached hydrogens (tertiary/aromatic N) is 2. The molecule has 0 radical (unpaired) electrons. The van der Waals surface area contributed by atoms with Gasteiger partial charge in [0, 0.05) is 18.3 Å². The van der Waals surface area contributed by atoms with Crippen LogP contribution >= 0.6 is 0 Å². The lowest BCUT2D eigenvalue weighted by Gasteiger charge is -2.29. The molecule has 146 valence electrons. The summed E-state index contributed by atoms with van der Waals surface area (Å²) in [6.45, 7) is 4.62. The molecule has 0 amide bonds. The van der Waals surface area contributed by atoms with Crippen LogP contribution in [0.1, 0.15) is 127 Å². The molecule has 26 heavy (non-hydrogen) atoms. The van der Waals surface area contributed by atoms with Crippen LogP contribution in [-0.2, 0) is 0 Å². The van der Waals surface area contributed by atoms with Gasteiger partial charge in [-0.3, -0.25) is 0 Å². The van der Waals surface area contributed by atoms with Crippen LogP contribution in [0.15, 0.2) is 12.4 Å². The molecule has 1 heterocycles. The van der Waals surface area contributed by atoms with Gasteiger partial charge < -0.3 is 0 Å². The summed E-state index contributed by atoms with van der Waals surface area (Å²) in [7, 11) is 0. The topological polar surface area (TPSA) is 25.8 Å². The van der Waals surface area contributed by atoms with E-state index in [-0.39, 0.29) is 0 Å². The first-order valence-electron chi connectivity index (χ1n) is 11.6. The third-order valence-electron chi connectivity index (χ3n) is 7.13. The number of rotatable bonds is 8. The van der Waals surface area contributed by atoms with Crippen molar-refractivity contribution in [2.45, 2.75) is 116 Å². The Kier molecular flexibility index (Phi) is 7.95. The van der Waals surface area contributed by atoms with Gasteiger partial charge in [-0.2, -0.15) is 0 Å². The molecule has 0 N–H and O–H groups in total. The van der Waals surface area contributed by atoms with Crippen LogP contribution in [0.25, 0.3) is 0 Å². The quantitative estimate of drug-likeness (QED) is 0.453. The lowest BCUT2D eigenvalue weighted by molar-refractivity contribution is 0.298. The molecular weight excluding hydrogens is 316 g/mol. The van der Waals surface area contributed by atoms with Crippen molar-refractivity contribution >= 4 is 0 Å². The molecular formula is C24H40N2. The molecule has 0 aliphatic heterocycles. The number of hydrogen-bond donors (Lipinski definition) is 0. The van der Waals surface area contributed by atoms with E-state index in [0.717, 1.165) is 17.7 Å². The van der Waals surface area contributed by atoms with Crippen LogP contribution in [-0.4, -0.2) is 9.97 Å². The molecule has 3 rings (SSSR count). The zero-order valence-electron chi connectivity index (χ0n) is 17.3. The lowest BCUT2D eigenvalue weighted by atomic mass is 9.77. The van der Waals surface area contributed by atoms with Crippen molar-refractivity contribution in [3.63, 3.8) is 0 Å². The smallest absolute Gasteiger partial charge is 0.131 e. The van der Waals surface area contributed by atoms with E-state index in [4.69, 9.17) is 9.97 Å². The second kappa shape index (κ2) is 10.4. The van der Waals surface area contributed by atoms with Crippen molar-refractivity contribution in [2.75, 3.05) is 0 Å². The Balaban J connectivity index is 1.45. The summed E-state index contributed by atoms with van der Waals surface area (Å²) >= 11 is 0. The summed E-state index contributed by atoms with van der Waals surface area (Å²) in [5.74, 6) is 4.40. The van der Waals surface area contributed by atoms with E-state index in [9.17, 15) is 0 Å². The van der Waals surface area contributed by atoms with Crippen LogP contribution in [0.4, 0.5) is 0 Å². The second-order valence-corrected chi connectivity index (χ2v) is 9.09. The second-order valence-electron chi connectivity index (χ2n) is 9.09. The fourth-order valence-corrected chi connectivity index (χ4v) is 5.35. The normalized spacial score (nSPS) is 29.6. The van der Waals surface area contributed by atoms with Gasteiger partial charge >= 0.3 is 0 Å². The summed E-state index contributed by atoms with van der Waals surface area (Å²) in [5.41, 5.74) is 1.40. The van der Waals surface area contributed by atoms with Gasteiger partial charge in [-0.1, -0.05) is 52.4 Å². The van der Waals surface area contributed by atoms with Gasteiger partial charge in [0.25, 0.3) is 0 Å². The van der Waals surface area contributed by atoms with Gasteiger partial charge in [0.05, 0.1) is 0 Å². The predicted molar refractivity (Wildman–Crippen MR) is 110 cm³/mol. The lowest BCUT2D eigenvalue weighted by Crippen LogP contribution is -2.16. The largest absolute Gasteiger partial charge is 0.241 e. The van der Waals surface area contributed by atoms with Crippen LogP contribution < -0.4 is 0 Å².